The summed E-state index contributed by atoms with van der Waals surface area (Å²) in [6, 6.07) is 1.55. The Morgan fingerprint density at radius 1 is 1.53 bits per heavy atom. The Hall–Kier alpha value is -1.07. The lowest BCUT2D eigenvalue weighted by atomic mass is 9.99. The van der Waals surface area contributed by atoms with Crippen LogP contribution in [0.4, 0.5) is 5.69 Å². The molecule has 1 aliphatic heterocycles. The van der Waals surface area contributed by atoms with E-state index >= 15 is 0 Å². The summed E-state index contributed by atoms with van der Waals surface area (Å²) in [6.07, 6.45) is 1.36. The van der Waals surface area contributed by atoms with Crippen LogP contribution in [-0.4, -0.2) is 33.4 Å². The number of nitrogens with zero attached hydrogens (tertiary/aromatic N) is 3. The molecule has 1 saturated heterocycles. The van der Waals surface area contributed by atoms with Crippen molar-refractivity contribution in [2.24, 2.45) is 0 Å². The third-order valence-electron chi connectivity index (χ3n) is 3.09. The van der Waals surface area contributed by atoms with Gasteiger partial charge in [0.25, 0.3) is 0 Å². The molecule has 2 rings (SSSR count). The second-order valence-corrected chi connectivity index (χ2v) is 4.92. The standard InChI is InChI=1S/C10H11Cl2N3O2/c1-10(9(16)17)3-2-4-15(10)6-5-7(11)13-14-8(6)12/h5H,2-4H2,1H3,(H,16,17). The minimum Gasteiger partial charge on any atom is -0.480 e. The van der Waals surface area contributed by atoms with Crippen LogP contribution in [0.25, 0.3) is 0 Å². The summed E-state index contributed by atoms with van der Waals surface area (Å²) in [5, 5.41) is 17.0. The maximum atomic E-state index is 11.3. The van der Waals surface area contributed by atoms with E-state index in [9.17, 15) is 9.90 Å². The third-order valence-corrected chi connectivity index (χ3v) is 3.55. The highest BCUT2D eigenvalue weighted by atomic mass is 35.5. The molecule has 1 aromatic heterocycles. The van der Waals surface area contributed by atoms with E-state index in [4.69, 9.17) is 23.2 Å². The number of carbonyl (C=O) groups is 1. The Kier molecular flexibility index (Phi) is 3.14. The van der Waals surface area contributed by atoms with Crippen LogP contribution in [0.1, 0.15) is 19.8 Å². The Morgan fingerprint density at radius 2 is 2.24 bits per heavy atom. The first-order chi connectivity index (χ1) is 7.95. The van der Waals surface area contributed by atoms with Crippen molar-refractivity contribution in [2.75, 3.05) is 11.4 Å². The van der Waals surface area contributed by atoms with Gasteiger partial charge in [0.15, 0.2) is 10.3 Å². The second-order valence-electron chi connectivity index (χ2n) is 4.18. The van der Waals surface area contributed by atoms with Crippen LogP contribution in [0.3, 0.4) is 0 Å². The van der Waals surface area contributed by atoms with Crippen molar-refractivity contribution in [2.45, 2.75) is 25.3 Å². The second kappa shape index (κ2) is 4.31. The van der Waals surface area contributed by atoms with Gasteiger partial charge in [-0.1, -0.05) is 23.2 Å². The highest BCUT2D eigenvalue weighted by Gasteiger charge is 2.44. The van der Waals surface area contributed by atoms with E-state index in [1.807, 2.05) is 0 Å². The van der Waals surface area contributed by atoms with Crippen LogP contribution >= 0.6 is 23.2 Å². The fourth-order valence-corrected chi connectivity index (χ4v) is 2.44. The van der Waals surface area contributed by atoms with E-state index in [2.05, 4.69) is 10.2 Å². The zero-order valence-corrected chi connectivity index (χ0v) is 10.7. The molecule has 5 nitrogen and oxygen atoms in total. The smallest absolute Gasteiger partial charge is 0.329 e. The Morgan fingerprint density at radius 3 is 2.88 bits per heavy atom. The van der Waals surface area contributed by atoms with Gasteiger partial charge in [-0.15, -0.1) is 10.2 Å². The number of aromatic nitrogens is 2. The number of carboxylic acid groups (broad SMARTS) is 1. The minimum absolute atomic E-state index is 0.170. The summed E-state index contributed by atoms with van der Waals surface area (Å²) in [5.74, 6) is -0.876. The lowest BCUT2D eigenvalue weighted by Crippen LogP contribution is -2.48. The van der Waals surface area contributed by atoms with Gasteiger partial charge in [-0.05, 0) is 19.8 Å². The average molecular weight is 276 g/mol. The van der Waals surface area contributed by atoms with Crippen molar-refractivity contribution in [1.82, 2.24) is 10.2 Å². The number of hydrogen-bond donors (Lipinski definition) is 1. The van der Waals surface area contributed by atoms with Gasteiger partial charge in [0.2, 0.25) is 0 Å². The number of rotatable bonds is 2. The molecule has 0 aromatic carbocycles. The molecule has 1 unspecified atom stereocenters. The monoisotopic (exact) mass is 275 g/mol. The molecule has 1 aliphatic rings. The van der Waals surface area contributed by atoms with Gasteiger partial charge in [-0.3, -0.25) is 0 Å². The average Bonchev–Trinajstić information content (AvgIpc) is 2.65. The molecule has 92 valence electrons. The highest BCUT2D eigenvalue weighted by molar-refractivity contribution is 6.33. The van der Waals surface area contributed by atoms with Gasteiger partial charge < -0.3 is 10.0 Å². The van der Waals surface area contributed by atoms with E-state index in [1.165, 1.54) is 0 Å². The molecule has 0 saturated carbocycles. The number of anilines is 1. The molecule has 0 amide bonds. The Labute approximate surface area is 108 Å². The largest absolute Gasteiger partial charge is 0.480 e. The summed E-state index contributed by atoms with van der Waals surface area (Å²) < 4.78 is 0. The van der Waals surface area contributed by atoms with Gasteiger partial charge in [-0.2, -0.15) is 0 Å². The van der Waals surface area contributed by atoms with Crippen molar-refractivity contribution in [1.29, 1.82) is 0 Å². The molecule has 0 aliphatic carbocycles. The van der Waals surface area contributed by atoms with Crippen LogP contribution < -0.4 is 4.90 Å². The highest BCUT2D eigenvalue weighted by Crippen LogP contribution is 2.37. The Bertz CT molecular complexity index is 469. The van der Waals surface area contributed by atoms with Crippen LogP contribution in [0.2, 0.25) is 10.3 Å². The first kappa shape index (κ1) is 12.4. The normalized spacial score (nSPS) is 24.1. The molecule has 1 aromatic rings. The summed E-state index contributed by atoms with van der Waals surface area (Å²) in [5.41, 5.74) is -0.440. The predicted octanol–water partition coefficient (Wildman–Crippen LogP) is 2.23. The van der Waals surface area contributed by atoms with Crippen LogP contribution in [-0.2, 0) is 4.79 Å². The van der Waals surface area contributed by atoms with Gasteiger partial charge in [0.05, 0.1) is 5.69 Å². The molecule has 0 spiro atoms. The maximum absolute atomic E-state index is 11.3. The van der Waals surface area contributed by atoms with Crippen molar-refractivity contribution in [3.8, 4) is 0 Å². The fraction of sp³-hybridized carbons (Fsp3) is 0.500. The van der Waals surface area contributed by atoms with Crippen LogP contribution in [0.5, 0.6) is 0 Å². The van der Waals surface area contributed by atoms with E-state index < -0.39 is 11.5 Å². The molecule has 0 radical (unpaired) electrons. The molecular formula is C10H11Cl2N3O2. The summed E-state index contributed by atoms with van der Waals surface area (Å²) >= 11 is 11.7. The van der Waals surface area contributed by atoms with Crippen molar-refractivity contribution >= 4 is 34.9 Å². The molecule has 1 fully saturated rings. The third kappa shape index (κ3) is 2.05. The minimum atomic E-state index is -0.962. The topological polar surface area (TPSA) is 66.3 Å². The molecular weight excluding hydrogens is 265 g/mol. The molecule has 17 heavy (non-hydrogen) atoms. The fourth-order valence-electron chi connectivity index (χ4n) is 2.11. The molecule has 2 heterocycles. The summed E-state index contributed by atoms with van der Waals surface area (Å²) in [4.78, 5) is 13.1. The quantitative estimate of drug-likeness (QED) is 0.897. The summed E-state index contributed by atoms with van der Waals surface area (Å²) in [7, 11) is 0. The number of hydrogen-bond acceptors (Lipinski definition) is 4. The molecule has 1 atom stereocenters. The molecule has 1 N–H and O–H groups in total. The first-order valence-corrected chi connectivity index (χ1v) is 5.90. The molecule has 0 bridgehead atoms. The zero-order valence-electron chi connectivity index (χ0n) is 9.15. The SMILES string of the molecule is CC1(C(=O)O)CCCN1c1cc(Cl)nnc1Cl. The van der Waals surface area contributed by atoms with Gasteiger partial charge in [0, 0.05) is 12.6 Å². The van der Waals surface area contributed by atoms with Crippen molar-refractivity contribution in [3.63, 3.8) is 0 Å². The zero-order chi connectivity index (χ0) is 12.6. The van der Waals surface area contributed by atoms with Crippen LogP contribution in [0.15, 0.2) is 6.07 Å². The summed E-state index contributed by atoms with van der Waals surface area (Å²) in [6.45, 7) is 2.29. The van der Waals surface area contributed by atoms with Gasteiger partial charge in [-0.25, -0.2) is 4.79 Å². The van der Waals surface area contributed by atoms with Gasteiger partial charge >= 0.3 is 5.97 Å². The van der Waals surface area contributed by atoms with E-state index in [0.717, 1.165) is 6.42 Å². The van der Waals surface area contributed by atoms with Crippen molar-refractivity contribution in [3.05, 3.63) is 16.4 Å². The lowest BCUT2D eigenvalue weighted by Gasteiger charge is -2.33. The van der Waals surface area contributed by atoms with E-state index in [1.54, 1.807) is 17.9 Å². The predicted molar refractivity (Wildman–Crippen MR) is 64.7 cm³/mol. The number of aliphatic carboxylic acids is 1. The Balaban J connectivity index is 2.46. The molecule has 7 heteroatoms. The van der Waals surface area contributed by atoms with E-state index in [0.29, 0.717) is 18.7 Å². The van der Waals surface area contributed by atoms with Crippen LogP contribution in [0, 0.1) is 0 Å². The number of carboxylic acids is 1. The van der Waals surface area contributed by atoms with Gasteiger partial charge in [0.1, 0.15) is 5.54 Å². The lowest BCUT2D eigenvalue weighted by molar-refractivity contribution is -0.142. The van der Waals surface area contributed by atoms with Crippen molar-refractivity contribution < 1.29 is 9.90 Å². The number of halogens is 2. The maximum Gasteiger partial charge on any atom is 0.329 e. The first-order valence-electron chi connectivity index (χ1n) is 5.15. The van der Waals surface area contributed by atoms with E-state index in [-0.39, 0.29) is 10.3 Å².